The lowest BCUT2D eigenvalue weighted by molar-refractivity contribution is 0.0806. The van der Waals surface area contributed by atoms with Gasteiger partial charge in [-0.2, -0.15) is 5.10 Å². The predicted octanol–water partition coefficient (Wildman–Crippen LogP) is 1.09. The molecule has 6 heteroatoms. The second-order valence-electron chi connectivity index (χ2n) is 4.19. The van der Waals surface area contributed by atoms with Crippen LogP contribution in [0.2, 0.25) is 0 Å². The molecule has 0 aromatic carbocycles. The summed E-state index contributed by atoms with van der Waals surface area (Å²) in [6.07, 6.45) is 8.58. The highest BCUT2D eigenvalue weighted by molar-refractivity contribution is 5.93. The van der Waals surface area contributed by atoms with Gasteiger partial charge in [-0.05, 0) is 6.92 Å². The van der Waals surface area contributed by atoms with Crippen molar-refractivity contribution in [3.8, 4) is 23.8 Å². The summed E-state index contributed by atoms with van der Waals surface area (Å²) in [5, 5.41) is 4.04. The van der Waals surface area contributed by atoms with E-state index in [9.17, 15) is 4.79 Å². The van der Waals surface area contributed by atoms with Gasteiger partial charge < -0.3 is 9.32 Å². The zero-order chi connectivity index (χ0) is 14.0. The van der Waals surface area contributed by atoms with Crippen LogP contribution in [0.25, 0.3) is 11.5 Å². The molecular weight excluding hydrogens is 244 g/mol. The van der Waals surface area contributed by atoms with E-state index in [-0.39, 0.29) is 18.1 Å². The van der Waals surface area contributed by atoms with Gasteiger partial charge in [0, 0.05) is 20.3 Å². The zero-order valence-electron chi connectivity index (χ0n) is 11.0. The number of carbonyl (C=O) groups is 1. The van der Waals surface area contributed by atoms with Crippen LogP contribution in [0.15, 0.2) is 16.8 Å². The van der Waals surface area contributed by atoms with Crippen LogP contribution in [0.3, 0.4) is 0 Å². The molecule has 2 rings (SSSR count). The Kier molecular flexibility index (Phi) is 3.38. The molecule has 1 amide bonds. The summed E-state index contributed by atoms with van der Waals surface area (Å²) in [6.45, 7) is 1.93. The highest BCUT2D eigenvalue weighted by atomic mass is 16.4. The number of rotatable bonds is 3. The maximum atomic E-state index is 12.1. The van der Waals surface area contributed by atoms with Crippen LogP contribution >= 0.6 is 0 Å². The smallest absolute Gasteiger partial charge is 0.276 e. The summed E-state index contributed by atoms with van der Waals surface area (Å²) in [7, 11) is 3.42. The molecule has 0 fully saturated rings. The first-order valence-corrected chi connectivity index (χ1v) is 5.68. The van der Waals surface area contributed by atoms with E-state index < -0.39 is 0 Å². The molecule has 0 unspecified atom stereocenters. The first-order chi connectivity index (χ1) is 9.02. The number of amides is 1. The first kappa shape index (κ1) is 12.9. The van der Waals surface area contributed by atoms with Crippen molar-refractivity contribution in [3.63, 3.8) is 0 Å². The van der Waals surface area contributed by atoms with Crippen molar-refractivity contribution in [2.75, 3.05) is 13.6 Å². The van der Waals surface area contributed by atoms with E-state index in [1.165, 1.54) is 4.90 Å². The average molecular weight is 258 g/mol. The highest BCUT2D eigenvalue weighted by Gasteiger charge is 2.21. The lowest BCUT2D eigenvalue weighted by Gasteiger charge is -2.11. The van der Waals surface area contributed by atoms with Crippen LogP contribution in [0, 0.1) is 19.3 Å². The number of aromatic nitrogens is 3. The molecule has 0 radical (unpaired) electrons. The Balaban J connectivity index is 2.32. The van der Waals surface area contributed by atoms with Gasteiger partial charge in [0.1, 0.15) is 5.76 Å². The fourth-order valence-corrected chi connectivity index (χ4v) is 1.64. The van der Waals surface area contributed by atoms with Gasteiger partial charge in [0.2, 0.25) is 5.89 Å². The van der Waals surface area contributed by atoms with Crippen molar-refractivity contribution in [1.82, 2.24) is 19.7 Å². The summed E-state index contributed by atoms with van der Waals surface area (Å²) in [6, 6.07) is 0. The number of terminal acetylenes is 1. The van der Waals surface area contributed by atoms with Crippen molar-refractivity contribution in [1.29, 1.82) is 0 Å². The molecule has 0 atom stereocenters. The van der Waals surface area contributed by atoms with Gasteiger partial charge in [0.25, 0.3) is 5.91 Å². The standard InChI is InChI=1S/C13H14N4O2/c1-5-6-16(3)13(18)11-9(2)19-12(15-11)10-7-14-17(4)8-10/h1,7-8H,6H2,2-4H3. The van der Waals surface area contributed by atoms with E-state index in [0.717, 1.165) is 5.56 Å². The number of hydrogen-bond donors (Lipinski definition) is 0. The molecule has 0 saturated heterocycles. The Morgan fingerprint density at radius 2 is 2.37 bits per heavy atom. The topological polar surface area (TPSA) is 64.2 Å². The third-order valence-corrected chi connectivity index (χ3v) is 2.63. The molecule has 0 N–H and O–H groups in total. The van der Waals surface area contributed by atoms with Crippen LogP contribution in [0.4, 0.5) is 0 Å². The number of oxazole rings is 1. The van der Waals surface area contributed by atoms with E-state index in [1.807, 2.05) is 0 Å². The molecule has 2 aromatic rings. The number of carbonyl (C=O) groups excluding carboxylic acids is 1. The van der Waals surface area contributed by atoms with Gasteiger partial charge in [0.15, 0.2) is 5.69 Å². The molecule has 0 spiro atoms. The number of aryl methyl sites for hydroxylation is 2. The number of hydrogen-bond acceptors (Lipinski definition) is 4. The molecule has 6 nitrogen and oxygen atoms in total. The molecule has 2 aromatic heterocycles. The van der Waals surface area contributed by atoms with Gasteiger partial charge in [-0.15, -0.1) is 6.42 Å². The summed E-state index contributed by atoms with van der Waals surface area (Å²) < 4.78 is 7.14. The lowest BCUT2D eigenvalue weighted by atomic mass is 10.3. The minimum atomic E-state index is -0.255. The zero-order valence-corrected chi connectivity index (χ0v) is 11.0. The van der Waals surface area contributed by atoms with E-state index in [4.69, 9.17) is 10.8 Å². The first-order valence-electron chi connectivity index (χ1n) is 5.68. The second-order valence-corrected chi connectivity index (χ2v) is 4.19. The Bertz CT molecular complexity index is 648. The van der Waals surface area contributed by atoms with Gasteiger partial charge in [-0.25, -0.2) is 4.98 Å². The predicted molar refractivity (Wildman–Crippen MR) is 69.2 cm³/mol. The third kappa shape index (κ3) is 2.50. The fourth-order valence-electron chi connectivity index (χ4n) is 1.64. The summed E-state index contributed by atoms with van der Waals surface area (Å²) in [5.74, 6) is 3.00. The summed E-state index contributed by atoms with van der Waals surface area (Å²) in [4.78, 5) is 17.7. The van der Waals surface area contributed by atoms with Crippen LogP contribution in [0.1, 0.15) is 16.2 Å². The molecule has 2 heterocycles. The van der Waals surface area contributed by atoms with Crippen molar-refractivity contribution in [2.24, 2.45) is 7.05 Å². The third-order valence-electron chi connectivity index (χ3n) is 2.63. The molecule has 0 bridgehead atoms. The minimum Gasteiger partial charge on any atom is -0.440 e. The Morgan fingerprint density at radius 3 is 2.95 bits per heavy atom. The van der Waals surface area contributed by atoms with E-state index >= 15 is 0 Å². The molecule has 98 valence electrons. The van der Waals surface area contributed by atoms with Gasteiger partial charge in [-0.3, -0.25) is 9.48 Å². The molecule has 0 aliphatic carbocycles. The lowest BCUT2D eigenvalue weighted by Crippen LogP contribution is -2.27. The van der Waals surface area contributed by atoms with Crippen LogP contribution < -0.4 is 0 Å². The van der Waals surface area contributed by atoms with E-state index in [0.29, 0.717) is 11.7 Å². The van der Waals surface area contributed by atoms with Crippen molar-refractivity contribution < 1.29 is 9.21 Å². The molecule has 19 heavy (non-hydrogen) atoms. The second kappa shape index (κ2) is 4.98. The SMILES string of the molecule is C#CCN(C)C(=O)c1nc(-c2cnn(C)c2)oc1C. The fraction of sp³-hybridized carbons (Fsp3) is 0.308. The van der Waals surface area contributed by atoms with Gasteiger partial charge >= 0.3 is 0 Å². The quantitative estimate of drug-likeness (QED) is 0.773. The van der Waals surface area contributed by atoms with E-state index in [1.54, 1.807) is 38.1 Å². The Hall–Kier alpha value is -2.55. The molecule has 0 aliphatic heterocycles. The van der Waals surface area contributed by atoms with Crippen molar-refractivity contribution in [2.45, 2.75) is 6.92 Å². The largest absolute Gasteiger partial charge is 0.440 e. The van der Waals surface area contributed by atoms with Crippen molar-refractivity contribution in [3.05, 3.63) is 23.8 Å². The van der Waals surface area contributed by atoms with Crippen molar-refractivity contribution >= 4 is 5.91 Å². The monoisotopic (exact) mass is 258 g/mol. The van der Waals surface area contributed by atoms with Crippen LogP contribution in [-0.4, -0.2) is 39.2 Å². The number of nitrogens with zero attached hydrogens (tertiary/aromatic N) is 4. The van der Waals surface area contributed by atoms with Crippen LogP contribution in [0.5, 0.6) is 0 Å². The molecule has 0 saturated carbocycles. The molecule has 0 aliphatic rings. The summed E-state index contributed by atoms with van der Waals surface area (Å²) in [5.41, 5.74) is 1.00. The maximum Gasteiger partial charge on any atom is 0.276 e. The Labute approximate surface area is 111 Å². The highest BCUT2D eigenvalue weighted by Crippen LogP contribution is 2.21. The minimum absolute atomic E-state index is 0.230. The van der Waals surface area contributed by atoms with Crippen LogP contribution in [-0.2, 0) is 7.05 Å². The van der Waals surface area contributed by atoms with E-state index in [2.05, 4.69) is 16.0 Å². The van der Waals surface area contributed by atoms with Gasteiger partial charge in [-0.1, -0.05) is 5.92 Å². The average Bonchev–Trinajstić information content (AvgIpc) is 2.95. The normalized spacial score (nSPS) is 10.2. The molecular formula is C13H14N4O2. The Morgan fingerprint density at radius 1 is 1.63 bits per heavy atom. The maximum absolute atomic E-state index is 12.1. The summed E-state index contributed by atoms with van der Waals surface area (Å²) >= 11 is 0. The van der Waals surface area contributed by atoms with Gasteiger partial charge in [0.05, 0.1) is 18.3 Å².